The Balaban J connectivity index is 1.94. The quantitative estimate of drug-likeness (QED) is 0.667. The number of hydrogen-bond donors (Lipinski definition) is 2. The lowest BCUT2D eigenvalue weighted by Gasteiger charge is -2.21. The first-order valence-corrected chi connectivity index (χ1v) is 9.29. The highest BCUT2D eigenvalue weighted by molar-refractivity contribution is 5.98. The van der Waals surface area contributed by atoms with Gasteiger partial charge in [0.05, 0.1) is 7.11 Å². The van der Waals surface area contributed by atoms with E-state index >= 15 is 0 Å². The number of amides is 2. The molecule has 0 aromatic heterocycles. The first kappa shape index (κ1) is 21.9. The molecule has 2 rings (SSSR count). The molecular formula is C22H26N2O5. The summed E-state index contributed by atoms with van der Waals surface area (Å²) < 4.78 is 10.2. The average molecular weight is 398 g/mol. The molecule has 2 aromatic carbocycles. The van der Waals surface area contributed by atoms with Crippen LogP contribution in [0.5, 0.6) is 5.75 Å². The van der Waals surface area contributed by atoms with Gasteiger partial charge in [-0.2, -0.15) is 0 Å². The molecule has 0 aliphatic rings. The van der Waals surface area contributed by atoms with Crippen molar-refractivity contribution in [3.8, 4) is 5.75 Å². The van der Waals surface area contributed by atoms with E-state index in [0.29, 0.717) is 17.0 Å². The summed E-state index contributed by atoms with van der Waals surface area (Å²) in [6, 6.07) is 13.1. The SMILES string of the molecule is COc1cccc(NC(=O)COC(=O)[C@@H](NC(=O)c2ccccc2C)C(C)C)c1. The third-order valence-electron chi connectivity index (χ3n) is 4.30. The van der Waals surface area contributed by atoms with E-state index in [4.69, 9.17) is 9.47 Å². The van der Waals surface area contributed by atoms with Crippen LogP contribution >= 0.6 is 0 Å². The summed E-state index contributed by atoms with van der Waals surface area (Å²) in [5.74, 6) is -1.13. The van der Waals surface area contributed by atoms with Crippen LogP contribution in [-0.4, -0.2) is 37.5 Å². The van der Waals surface area contributed by atoms with Gasteiger partial charge < -0.3 is 20.1 Å². The zero-order valence-electron chi connectivity index (χ0n) is 17.0. The molecule has 0 spiro atoms. The van der Waals surface area contributed by atoms with Gasteiger partial charge in [-0.3, -0.25) is 9.59 Å². The van der Waals surface area contributed by atoms with Gasteiger partial charge >= 0.3 is 5.97 Å². The molecule has 0 aliphatic heterocycles. The van der Waals surface area contributed by atoms with Gasteiger partial charge in [-0.25, -0.2) is 4.79 Å². The number of hydrogen-bond acceptors (Lipinski definition) is 5. The highest BCUT2D eigenvalue weighted by Gasteiger charge is 2.27. The van der Waals surface area contributed by atoms with E-state index in [1.54, 1.807) is 50.2 Å². The van der Waals surface area contributed by atoms with E-state index in [2.05, 4.69) is 10.6 Å². The highest BCUT2D eigenvalue weighted by atomic mass is 16.5. The molecule has 29 heavy (non-hydrogen) atoms. The molecule has 1 atom stereocenters. The molecule has 2 amide bonds. The Morgan fingerprint density at radius 2 is 1.76 bits per heavy atom. The Morgan fingerprint density at radius 1 is 1.03 bits per heavy atom. The second kappa shape index (κ2) is 10.3. The van der Waals surface area contributed by atoms with E-state index < -0.39 is 24.5 Å². The fraction of sp³-hybridized carbons (Fsp3) is 0.318. The maximum Gasteiger partial charge on any atom is 0.329 e. The van der Waals surface area contributed by atoms with Gasteiger partial charge in [0.2, 0.25) is 0 Å². The summed E-state index contributed by atoms with van der Waals surface area (Å²) in [5.41, 5.74) is 1.82. The largest absolute Gasteiger partial charge is 0.497 e. The van der Waals surface area contributed by atoms with Crippen molar-refractivity contribution in [3.05, 3.63) is 59.7 Å². The van der Waals surface area contributed by atoms with Crippen molar-refractivity contribution in [2.24, 2.45) is 5.92 Å². The van der Waals surface area contributed by atoms with Crippen molar-refractivity contribution in [2.75, 3.05) is 19.0 Å². The smallest absolute Gasteiger partial charge is 0.329 e. The molecule has 0 heterocycles. The standard InChI is InChI=1S/C22H26N2O5/c1-14(2)20(24-21(26)18-11-6-5-8-15(18)3)22(27)29-13-19(25)23-16-9-7-10-17(12-16)28-4/h5-12,14,20H,13H2,1-4H3,(H,23,25)(H,24,26)/t20-/m0/s1. The summed E-state index contributed by atoms with van der Waals surface area (Å²) >= 11 is 0. The Morgan fingerprint density at radius 3 is 2.41 bits per heavy atom. The Labute approximate surface area is 170 Å². The van der Waals surface area contributed by atoms with Crippen LogP contribution < -0.4 is 15.4 Å². The van der Waals surface area contributed by atoms with Crippen LogP contribution in [0.4, 0.5) is 5.69 Å². The van der Waals surface area contributed by atoms with Gasteiger partial charge in [0.15, 0.2) is 6.61 Å². The van der Waals surface area contributed by atoms with Gasteiger partial charge in [0.1, 0.15) is 11.8 Å². The van der Waals surface area contributed by atoms with Crippen LogP contribution in [0.15, 0.2) is 48.5 Å². The number of aryl methyl sites for hydroxylation is 1. The molecule has 0 bridgehead atoms. The van der Waals surface area contributed by atoms with E-state index in [0.717, 1.165) is 5.56 Å². The lowest BCUT2D eigenvalue weighted by atomic mass is 10.0. The van der Waals surface area contributed by atoms with E-state index in [-0.39, 0.29) is 11.8 Å². The summed E-state index contributed by atoms with van der Waals surface area (Å²) in [4.78, 5) is 37.1. The van der Waals surface area contributed by atoms with Crippen LogP contribution in [0.3, 0.4) is 0 Å². The van der Waals surface area contributed by atoms with E-state index in [1.807, 2.05) is 19.1 Å². The number of carbonyl (C=O) groups excluding carboxylic acids is 3. The minimum Gasteiger partial charge on any atom is -0.497 e. The van der Waals surface area contributed by atoms with Crippen LogP contribution in [0.1, 0.15) is 29.8 Å². The first-order valence-electron chi connectivity index (χ1n) is 9.29. The Kier molecular flexibility index (Phi) is 7.77. The lowest BCUT2D eigenvalue weighted by molar-refractivity contribution is -0.150. The van der Waals surface area contributed by atoms with Crippen molar-refractivity contribution < 1.29 is 23.9 Å². The van der Waals surface area contributed by atoms with Crippen LogP contribution in [0.25, 0.3) is 0 Å². The van der Waals surface area contributed by atoms with Crippen LogP contribution in [0, 0.1) is 12.8 Å². The number of nitrogens with one attached hydrogen (secondary N) is 2. The molecule has 0 unspecified atom stereocenters. The Hall–Kier alpha value is -3.35. The normalized spacial score (nSPS) is 11.5. The molecule has 7 nitrogen and oxygen atoms in total. The predicted octanol–water partition coefficient (Wildman–Crippen LogP) is 2.94. The zero-order chi connectivity index (χ0) is 21.4. The van der Waals surface area contributed by atoms with Crippen molar-refractivity contribution in [1.29, 1.82) is 0 Å². The van der Waals surface area contributed by atoms with Crippen molar-refractivity contribution in [2.45, 2.75) is 26.8 Å². The molecule has 2 N–H and O–H groups in total. The molecule has 2 aromatic rings. The van der Waals surface area contributed by atoms with Crippen LogP contribution in [-0.2, 0) is 14.3 Å². The lowest BCUT2D eigenvalue weighted by Crippen LogP contribution is -2.46. The number of carbonyl (C=O) groups is 3. The number of methoxy groups -OCH3 is 1. The molecule has 7 heteroatoms. The second-order valence-electron chi connectivity index (χ2n) is 6.90. The summed E-state index contributed by atoms with van der Waals surface area (Å²) in [5, 5.41) is 5.33. The molecule has 0 saturated carbocycles. The molecule has 0 aliphatic carbocycles. The Bertz CT molecular complexity index is 879. The molecule has 0 radical (unpaired) electrons. The zero-order valence-corrected chi connectivity index (χ0v) is 17.0. The predicted molar refractivity (Wildman–Crippen MR) is 110 cm³/mol. The monoisotopic (exact) mass is 398 g/mol. The van der Waals surface area contributed by atoms with Gasteiger partial charge in [0, 0.05) is 17.3 Å². The minimum atomic E-state index is -0.869. The third kappa shape index (κ3) is 6.34. The number of anilines is 1. The van der Waals surface area contributed by atoms with Crippen LogP contribution in [0.2, 0.25) is 0 Å². The number of rotatable bonds is 8. The average Bonchev–Trinajstić information content (AvgIpc) is 2.70. The topological polar surface area (TPSA) is 93.7 Å². The van der Waals surface area contributed by atoms with Crippen molar-refractivity contribution >= 4 is 23.5 Å². The minimum absolute atomic E-state index is 0.211. The first-order chi connectivity index (χ1) is 13.8. The summed E-state index contributed by atoms with van der Waals surface area (Å²) in [7, 11) is 1.53. The van der Waals surface area contributed by atoms with E-state index in [1.165, 1.54) is 7.11 Å². The third-order valence-corrected chi connectivity index (χ3v) is 4.30. The summed E-state index contributed by atoms with van der Waals surface area (Å²) in [6.45, 7) is 4.95. The highest BCUT2D eigenvalue weighted by Crippen LogP contribution is 2.16. The van der Waals surface area contributed by atoms with Crippen molar-refractivity contribution in [1.82, 2.24) is 5.32 Å². The molecule has 0 fully saturated rings. The second-order valence-corrected chi connectivity index (χ2v) is 6.90. The fourth-order valence-electron chi connectivity index (χ4n) is 2.67. The van der Waals surface area contributed by atoms with E-state index in [9.17, 15) is 14.4 Å². The molecule has 0 saturated heterocycles. The van der Waals surface area contributed by atoms with Gasteiger partial charge in [-0.05, 0) is 36.6 Å². The van der Waals surface area contributed by atoms with Gasteiger partial charge in [-0.15, -0.1) is 0 Å². The number of ether oxygens (including phenoxy) is 2. The maximum atomic E-state index is 12.5. The molecule has 154 valence electrons. The number of esters is 1. The van der Waals surface area contributed by atoms with Gasteiger partial charge in [0.25, 0.3) is 11.8 Å². The van der Waals surface area contributed by atoms with Gasteiger partial charge in [-0.1, -0.05) is 38.1 Å². The fourth-order valence-corrected chi connectivity index (χ4v) is 2.67. The number of benzene rings is 2. The maximum absolute atomic E-state index is 12.5. The summed E-state index contributed by atoms with van der Waals surface area (Å²) in [6.07, 6.45) is 0. The van der Waals surface area contributed by atoms with Crippen molar-refractivity contribution in [3.63, 3.8) is 0 Å². The molecular weight excluding hydrogens is 372 g/mol.